The third-order valence-corrected chi connectivity index (χ3v) is 8.62. The summed E-state index contributed by atoms with van der Waals surface area (Å²) in [6, 6.07) is 12.8. The van der Waals surface area contributed by atoms with Crippen molar-refractivity contribution in [2.24, 2.45) is 0 Å². The number of benzene rings is 3. The largest absolute Gasteiger partial charge is 0.489 e. The monoisotopic (exact) mass is 622 g/mol. The summed E-state index contributed by atoms with van der Waals surface area (Å²) < 4.78 is 60.5. The summed E-state index contributed by atoms with van der Waals surface area (Å²) in [5.41, 5.74) is 3.45. The van der Waals surface area contributed by atoms with Crippen LogP contribution in [0.1, 0.15) is 57.9 Å². The molecule has 3 aromatic carbocycles. The fraction of sp³-hybridized carbons (Fsp3) is 0.303. The lowest BCUT2D eigenvalue weighted by molar-refractivity contribution is -0.139. The topological polar surface area (TPSA) is 97.6 Å². The van der Waals surface area contributed by atoms with Gasteiger partial charge in [0.2, 0.25) is 0 Å². The number of fused-ring (bicyclic) bond motifs is 1. The van der Waals surface area contributed by atoms with E-state index < -0.39 is 28.5 Å². The van der Waals surface area contributed by atoms with Gasteiger partial charge in [0.1, 0.15) is 36.1 Å². The first-order valence-corrected chi connectivity index (χ1v) is 14.6. The molecule has 2 amide bonds. The first kappa shape index (κ1) is 31.0. The third kappa shape index (κ3) is 6.40. The molecular weight excluding hydrogens is 593 g/mol. The van der Waals surface area contributed by atoms with E-state index in [0.29, 0.717) is 42.5 Å². The Labute approximate surface area is 257 Å². The van der Waals surface area contributed by atoms with Crippen LogP contribution in [0.2, 0.25) is 0 Å². The number of nitriles is 1. The Hall–Kier alpha value is -4.43. The summed E-state index contributed by atoms with van der Waals surface area (Å²) in [5, 5.41) is 10.5. The van der Waals surface area contributed by atoms with E-state index in [1.807, 2.05) is 39.8 Å². The van der Waals surface area contributed by atoms with Crippen LogP contribution >= 0.6 is 11.8 Å². The minimum atomic E-state index is -4.72. The first-order chi connectivity index (χ1) is 20.8. The van der Waals surface area contributed by atoms with Gasteiger partial charge in [-0.15, -0.1) is 0 Å². The lowest BCUT2D eigenvalue weighted by Crippen LogP contribution is -2.42. The molecule has 1 fully saturated rings. The average molecular weight is 623 g/mol. The second-order valence-electron chi connectivity index (χ2n) is 11.1. The van der Waals surface area contributed by atoms with Crippen molar-refractivity contribution in [3.8, 4) is 23.3 Å². The van der Waals surface area contributed by atoms with Gasteiger partial charge < -0.3 is 14.2 Å². The van der Waals surface area contributed by atoms with Crippen molar-refractivity contribution in [3.63, 3.8) is 0 Å². The van der Waals surface area contributed by atoms with E-state index in [-0.39, 0.29) is 22.8 Å². The Morgan fingerprint density at radius 1 is 1.07 bits per heavy atom. The van der Waals surface area contributed by atoms with Crippen LogP contribution < -0.4 is 19.5 Å². The molecule has 0 spiro atoms. The third-order valence-electron chi connectivity index (χ3n) is 7.81. The molecule has 0 bridgehead atoms. The predicted octanol–water partition coefficient (Wildman–Crippen LogP) is 7.57. The molecule has 0 radical (unpaired) electrons. The summed E-state index contributed by atoms with van der Waals surface area (Å²) in [6.07, 6.45) is -2.36. The van der Waals surface area contributed by atoms with Gasteiger partial charge in [0.15, 0.2) is 0 Å². The van der Waals surface area contributed by atoms with Gasteiger partial charge in [-0.05, 0) is 110 Å². The maximum atomic E-state index is 14.0. The Bertz CT molecular complexity index is 1730. The van der Waals surface area contributed by atoms with Crippen LogP contribution in [0.4, 0.5) is 18.0 Å². The smallest absolute Gasteiger partial charge is 0.419 e. The van der Waals surface area contributed by atoms with Gasteiger partial charge in [-0.2, -0.15) is 18.4 Å². The summed E-state index contributed by atoms with van der Waals surface area (Å²) in [4.78, 5) is 23.3. The van der Waals surface area contributed by atoms with Gasteiger partial charge in [-0.25, -0.2) is 0 Å². The highest BCUT2D eigenvalue weighted by atomic mass is 32.2. The van der Waals surface area contributed by atoms with Crippen LogP contribution in [-0.4, -0.2) is 23.4 Å². The van der Waals surface area contributed by atoms with Gasteiger partial charge >= 0.3 is 6.18 Å². The number of carbonyl (C=O) groups is 2. The Morgan fingerprint density at radius 2 is 1.80 bits per heavy atom. The molecule has 0 aliphatic carbocycles. The first-order valence-electron chi connectivity index (χ1n) is 13.8. The number of nitrogens with zero attached hydrogens (tertiary/aromatic N) is 1. The van der Waals surface area contributed by atoms with Gasteiger partial charge in [0.25, 0.3) is 11.1 Å². The van der Waals surface area contributed by atoms with Crippen LogP contribution in [0, 0.1) is 32.1 Å². The molecule has 0 unspecified atom stereocenters. The molecule has 2 heterocycles. The summed E-state index contributed by atoms with van der Waals surface area (Å²) in [5.74, 6) is 0.438. The molecule has 0 aromatic heterocycles. The van der Waals surface area contributed by atoms with E-state index in [1.54, 1.807) is 12.1 Å². The van der Waals surface area contributed by atoms with Crippen LogP contribution in [-0.2, 0) is 24.0 Å². The second kappa shape index (κ2) is 11.9. The fourth-order valence-corrected chi connectivity index (χ4v) is 5.90. The van der Waals surface area contributed by atoms with E-state index in [4.69, 9.17) is 19.5 Å². The number of alkyl halides is 3. The number of carbonyl (C=O) groups excluding carboxylic acids is 2. The molecule has 0 saturated carbocycles. The number of thioether (sulfide) groups is 1. The number of hydrogen-bond acceptors (Lipinski definition) is 7. The minimum absolute atomic E-state index is 0.0161. The average Bonchev–Trinajstić information content (AvgIpc) is 3.30. The predicted molar refractivity (Wildman–Crippen MR) is 160 cm³/mol. The van der Waals surface area contributed by atoms with Gasteiger partial charge in [0, 0.05) is 5.56 Å². The van der Waals surface area contributed by atoms with Gasteiger partial charge in [-0.3, -0.25) is 14.9 Å². The fourth-order valence-electron chi connectivity index (χ4n) is 5.22. The Morgan fingerprint density at radius 3 is 2.43 bits per heavy atom. The highest BCUT2D eigenvalue weighted by molar-refractivity contribution is 8.18. The number of rotatable bonds is 7. The van der Waals surface area contributed by atoms with Gasteiger partial charge in [0.05, 0.1) is 22.1 Å². The minimum Gasteiger partial charge on any atom is -0.489 e. The molecule has 228 valence electrons. The van der Waals surface area contributed by atoms with E-state index >= 15 is 0 Å². The molecule has 3 aromatic rings. The van der Waals surface area contributed by atoms with Crippen molar-refractivity contribution in [2.45, 2.75) is 58.9 Å². The summed E-state index contributed by atoms with van der Waals surface area (Å²) >= 11 is 0.631. The van der Waals surface area contributed by atoms with Crippen molar-refractivity contribution in [3.05, 3.63) is 91.9 Å². The van der Waals surface area contributed by atoms with E-state index in [0.717, 1.165) is 39.6 Å². The number of halogens is 3. The molecule has 1 atom stereocenters. The SMILES string of the molecule is Cc1c(C)c2c(c(C)c1OCc1ccc(C#N)cc1)CC[C@@](C)(COc1ccc(/C=C3/SC(=O)NC3=O)cc1C(F)(F)F)O2. The van der Waals surface area contributed by atoms with E-state index in [9.17, 15) is 22.8 Å². The number of hydrogen-bond donors (Lipinski definition) is 1. The van der Waals surface area contributed by atoms with Crippen molar-refractivity contribution in [1.82, 2.24) is 5.32 Å². The normalized spacial score (nSPS) is 18.8. The standard InChI is InChI=1S/C33H29F3N2O5S/c1-18-19(2)29-24(20(3)28(18)41-16-22-7-5-21(15-37)6-8-22)11-12-32(4,43-29)17-42-26-10-9-23(13-25(26)33(34,35)36)14-27-30(39)38-31(40)44-27/h5-10,13-14H,11-12,16-17H2,1-4H3,(H,38,39,40)/b27-14+/t32-/m0/s1. The number of nitrogens with one attached hydrogen (secondary N) is 1. The molecule has 5 rings (SSSR count). The van der Waals surface area contributed by atoms with E-state index in [1.165, 1.54) is 18.2 Å². The van der Waals surface area contributed by atoms with Gasteiger partial charge in [-0.1, -0.05) is 18.2 Å². The molecule has 11 heteroatoms. The zero-order valence-electron chi connectivity index (χ0n) is 24.5. The zero-order valence-corrected chi connectivity index (χ0v) is 25.3. The highest BCUT2D eigenvalue weighted by Crippen LogP contribution is 2.45. The Balaban J connectivity index is 1.33. The van der Waals surface area contributed by atoms with Crippen molar-refractivity contribution in [2.75, 3.05) is 6.61 Å². The molecule has 2 aliphatic heterocycles. The number of amides is 2. The van der Waals surface area contributed by atoms with E-state index in [2.05, 4.69) is 11.4 Å². The zero-order chi connectivity index (χ0) is 31.8. The summed E-state index contributed by atoms with van der Waals surface area (Å²) in [7, 11) is 0. The molecular formula is C33H29F3N2O5S. The van der Waals surface area contributed by atoms with Crippen LogP contribution in [0.3, 0.4) is 0 Å². The molecule has 7 nitrogen and oxygen atoms in total. The lowest BCUT2D eigenvalue weighted by atomic mass is 9.87. The van der Waals surface area contributed by atoms with Crippen molar-refractivity contribution < 1.29 is 37.0 Å². The number of ether oxygens (including phenoxy) is 3. The number of imide groups is 1. The Kier molecular flexibility index (Phi) is 8.40. The molecule has 44 heavy (non-hydrogen) atoms. The van der Waals surface area contributed by atoms with Crippen LogP contribution in [0.5, 0.6) is 17.2 Å². The summed E-state index contributed by atoms with van der Waals surface area (Å²) in [6.45, 7) is 7.86. The molecule has 2 aliphatic rings. The quantitative estimate of drug-likeness (QED) is 0.272. The highest BCUT2D eigenvalue weighted by Gasteiger charge is 2.38. The van der Waals surface area contributed by atoms with Crippen molar-refractivity contribution >= 4 is 29.0 Å². The van der Waals surface area contributed by atoms with Crippen molar-refractivity contribution in [1.29, 1.82) is 5.26 Å². The molecule has 1 N–H and O–H groups in total. The van der Waals surface area contributed by atoms with Crippen LogP contribution in [0.15, 0.2) is 47.4 Å². The maximum absolute atomic E-state index is 14.0. The second-order valence-corrected chi connectivity index (χ2v) is 12.1. The lowest BCUT2D eigenvalue weighted by Gasteiger charge is -2.38. The maximum Gasteiger partial charge on any atom is 0.419 e. The molecule has 1 saturated heterocycles. The van der Waals surface area contributed by atoms with Crippen LogP contribution in [0.25, 0.3) is 6.08 Å².